The highest BCUT2D eigenvalue weighted by Gasteiger charge is 2.57. The molecule has 136 valence electrons. The Morgan fingerprint density at radius 3 is 1.79 bits per heavy atom. The number of hydrazone groups is 1. The molecule has 3 aromatic rings. The molecule has 0 bridgehead atoms. The summed E-state index contributed by atoms with van der Waals surface area (Å²) in [6.45, 7) is 0. The van der Waals surface area contributed by atoms with Crippen LogP contribution in [-0.4, -0.2) is 23.6 Å². The van der Waals surface area contributed by atoms with Gasteiger partial charge in [-0.15, -0.1) is 0 Å². The van der Waals surface area contributed by atoms with E-state index in [-0.39, 0.29) is 11.8 Å². The monoisotopic (exact) mass is 367 g/mol. The Kier molecular flexibility index (Phi) is 3.79. The van der Waals surface area contributed by atoms with Gasteiger partial charge in [0.05, 0.1) is 17.1 Å². The average molecular weight is 367 g/mol. The van der Waals surface area contributed by atoms with Gasteiger partial charge in [-0.3, -0.25) is 14.6 Å². The number of carbonyl (C=O) groups is 2. The van der Waals surface area contributed by atoms with E-state index in [4.69, 9.17) is 5.10 Å². The van der Waals surface area contributed by atoms with Crippen molar-refractivity contribution in [2.75, 3.05) is 9.91 Å². The van der Waals surface area contributed by atoms with E-state index in [2.05, 4.69) is 0 Å². The summed E-state index contributed by atoms with van der Waals surface area (Å²) in [4.78, 5) is 28.0. The number of nitrogens with zero attached hydrogens (tertiary/aromatic N) is 3. The normalized spacial score (nSPS) is 21.1. The minimum absolute atomic E-state index is 0.234. The van der Waals surface area contributed by atoms with Crippen LogP contribution in [0.1, 0.15) is 5.56 Å². The van der Waals surface area contributed by atoms with Gasteiger partial charge in [0.2, 0.25) is 5.91 Å². The Morgan fingerprint density at radius 2 is 1.18 bits per heavy atom. The van der Waals surface area contributed by atoms with Gasteiger partial charge in [-0.25, -0.2) is 4.90 Å². The fraction of sp³-hybridized carbons (Fsp3) is 0.0870. The van der Waals surface area contributed by atoms with Crippen molar-refractivity contribution in [3.8, 4) is 0 Å². The van der Waals surface area contributed by atoms with Gasteiger partial charge in [0.1, 0.15) is 12.0 Å². The molecule has 0 spiro atoms. The second-order valence-corrected chi connectivity index (χ2v) is 6.80. The van der Waals surface area contributed by atoms with E-state index in [1.807, 2.05) is 78.9 Å². The summed E-state index contributed by atoms with van der Waals surface area (Å²) in [6, 6.07) is 27.5. The van der Waals surface area contributed by atoms with Gasteiger partial charge in [-0.05, 0) is 29.8 Å². The van der Waals surface area contributed by atoms with Crippen LogP contribution < -0.4 is 9.91 Å². The van der Waals surface area contributed by atoms with Crippen LogP contribution in [0.5, 0.6) is 0 Å². The van der Waals surface area contributed by atoms with Crippen molar-refractivity contribution in [1.29, 1.82) is 0 Å². The van der Waals surface area contributed by atoms with Crippen LogP contribution in [0.2, 0.25) is 0 Å². The molecular weight excluding hydrogens is 350 g/mol. The zero-order valence-corrected chi connectivity index (χ0v) is 15.0. The van der Waals surface area contributed by atoms with Crippen LogP contribution in [0.25, 0.3) is 0 Å². The summed E-state index contributed by atoms with van der Waals surface area (Å²) in [5.74, 6) is -1.11. The van der Waals surface area contributed by atoms with E-state index in [9.17, 15) is 9.59 Å². The second-order valence-electron chi connectivity index (χ2n) is 6.80. The lowest BCUT2D eigenvalue weighted by Crippen LogP contribution is -2.39. The van der Waals surface area contributed by atoms with Crippen LogP contribution in [0.4, 0.5) is 11.4 Å². The molecule has 2 aliphatic rings. The molecular formula is C23H17N3O2. The zero-order chi connectivity index (χ0) is 19.1. The molecule has 2 atom stereocenters. The van der Waals surface area contributed by atoms with Gasteiger partial charge in [0.15, 0.2) is 0 Å². The summed E-state index contributed by atoms with van der Waals surface area (Å²) < 4.78 is 0. The topological polar surface area (TPSA) is 53.0 Å². The zero-order valence-electron chi connectivity index (χ0n) is 15.0. The minimum Gasteiger partial charge on any atom is -0.273 e. The molecule has 0 radical (unpaired) electrons. The molecule has 0 aromatic heterocycles. The highest BCUT2D eigenvalue weighted by Crippen LogP contribution is 2.39. The van der Waals surface area contributed by atoms with Crippen molar-refractivity contribution in [1.82, 2.24) is 0 Å². The Morgan fingerprint density at radius 1 is 0.643 bits per heavy atom. The predicted molar refractivity (Wildman–Crippen MR) is 108 cm³/mol. The summed E-state index contributed by atoms with van der Waals surface area (Å²) in [5.41, 5.74) is 2.87. The Balaban J connectivity index is 1.64. The molecule has 1 saturated heterocycles. The molecule has 0 aliphatic carbocycles. The maximum absolute atomic E-state index is 13.4. The van der Waals surface area contributed by atoms with Crippen molar-refractivity contribution in [2.45, 2.75) is 6.04 Å². The molecule has 2 heterocycles. The van der Waals surface area contributed by atoms with Crippen LogP contribution in [0.15, 0.2) is 96.1 Å². The Bertz CT molecular complexity index is 1060. The van der Waals surface area contributed by atoms with Crippen molar-refractivity contribution in [3.63, 3.8) is 0 Å². The number of hydrogen-bond donors (Lipinski definition) is 0. The maximum Gasteiger partial charge on any atom is 0.259 e. The minimum atomic E-state index is -0.676. The largest absolute Gasteiger partial charge is 0.273 e. The number of amides is 2. The molecule has 0 N–H and O–H groups in total. The molecule has 3 aromatic carbocycles. The molecule has 5 nitrogen and oxygen atoms in total. The van der Waals surface area contributed by atoms with Crippen molar-refractivity contribution in [3.05, 3.63) is 96.6 Å². The molecule has 0 saturated carbocycles. The molecule has 2 aliphatic heterocycles. The summed E-state index contributed by atoms with van der Waals surface area (Å²) in [7, 11) is 0. The quantitative estimate of drug-likeness (QED) is 0.666. The first-order valence-corrected chi connectivity index (χ1v) is 9.17. The van der Waals surface area contributed by atoms with Gasteiger partial charge < -0.3 is 0 Å². The van der Waals surface area contributed by atoms with Crippen molar-refractivity contribution >= 4 is 28.9 Å². The number of carbonyl (C=O) groups excluding carboxylic acids is 2. The highest BCUT2D eigenvalue weighted by molar-refractivity contribution is 6.34. The van der Waals surface area contributed by atoms with Crippen LogP contribution in [-0.2, 0) is 9.59 Å². The molecule has 2 amide bonds. The lowest BCUT2D eigenvalue weighted by molar-refractivity contribution is -0.121. The van der Waals surface area contributed by atoms with Gasteiger partial charge >= 0.3 is 0 Å². The fourth-order valence-electron chi connectivity index (χ4n) is 3.89. The molecule has 28 heavy (non-hydrogen) atoms. The fourth-order valence-corrected chi connectivity index (χ4v) is 3.89. The maximum atomic E-state index is 13.4. The third kappa shape index (κ3) is 2.44. The van der Waals surface area contributed by atoms with Gasteiger partial charge in [-0.1, -0.05) is 66.7 Å². The van der Waals surface area contributed by atoms with Crippen LogP contribution in [0, 0.1) is 5.92 Å². The molecule has 1 fully saturated rings. The number of anilines is 2. The van der Waals surface area contributed by atoms with E-state index in [1.54, 1.807) is 17.1 Å². The number of para-hydroxylation sites is 2. The Hall–Kier alpha value is -3.73. The molecule has 0 unspecified atom stereocenters. The smallest absolute Gasteiger partial charge is 0.259 e. The van der Waals surface area contributed by atoms with Crippen molar-refractivity contribution in [2.24, 2.45) is 11.0 Å². The first-order valence-electron chi connectivity index (χ1n) is 9.17. The molecule has 5 rings (SSSR count). The highest BCUT2D eigenvalue weighted by atomic mass is 16.2. The summed E-state index contributed by atoms with van der Waals surface area (Å²) in [5, 5.41) is 6.41. The first-order chi connectivity index (χ1) is 13.8. The average Bonchev–Trinajstić information content (AvgIpc) is 3.27. The lowest BCUT2D eigenvalue weighted by Gasteiger charge is -2.22. The Labute approximate surface area is 162 Å². The van der Waals surface area contributed by atoms with Gasteiger partial charge in [0.25, 0.3) is 5.91 Å². The second kappa shape index (κ2) is 6.46. The van der Waals surface area contributed by atoms with E-state index >= 15 is 0 Å². The van der Waals surface area contributed by atoms with E-state index in [1.165, 1.54) is 4.90 Å². The third-order valence-corrected chi connectivity index (χ3v) is 5.15. The van der Waals surface area contributed by atoms with Crippen LogP contribution >= 0.6 is 0 Å². The van der Waals surface area contributed by atoms with E-state index < -0.39 is 12.0 Å². The summed E-state index contributed by atoms with van der Waals surface area (Å²) in [6.07, 6.45) is 0. The predicted octanol–water partition coefficient (Wildman–Crippen LogP) is 3.47. The standard InChI is InChI=1S/C23H17N3O2/c27-22-19-20(16-10-4-1-5-11-16)24-26(18-14-8-3-9-15-18)21(19)23(28)25(22)17-12-6-2-7-13-17/h1-15,19,21H/t19-,21-/m1/s1. The number of benzene rings is 3. The SMILES string of the molecule is O=C1[C@@H]2C(c3ccccc3)=NN(c3ccccc3)[C@H]2C(=O)N1c1ccccc1. The number of hydrogen-bond acceptors (Lipinski definition) is 4. The third-order valence-electron chi connectivity index (χ3n) is 5.15. The lowest BCUT2D eigenvalue weighted by atomic mass is 9.93. The van der Waals surface area contributed by atoms with E-state index in [0.717, 1.165) is 11.3 Å². The summed E-state index contributed by atoms with van der Waals surface area (Å²) >= 11 is 0. The first kappa shape index (κ1) is 16.4. The molecule has 5 heteroatoms. The van der Waals surface area contributed by atoms with Crippen LogP contribution in [0.3, 0.4) is 0 Å². The number of fused-ring (bicyclic) bond motifs is 1. The number of rotatable bonds is 3. The van der Waals surface area contributed by atoms with E-state index in [0.29, 0.717) is 11.4 Å². The van der Waals surface area contributed by atoms with Crippen molar-refractivity contribution < 1.29 is 9.59 Å². The number of imide groups is 1. The van der Waals surface area contributed by atoms with Gasteiger partial charge in [-0.2, -0.15) is 5.10 Å². The van der Waals surface area contributed by atoms with Gasteiger partial charge in [0, 0.05) is 0 Å².